The minimum Gasteiger partial charge on any atom is -0.493 e. The summed E-state index contributed by atoms with van der Waals surface area (Å²) in [6.07, 6.45) is 1.41. The predicted octanol–water partition coefficient (Wildman–Crippen LogP) is 3.59. The van der Waals surface area contributed by atoms with Crippen molar-refractivity contribution in [3.8, 4) is 17.6 Å². The van der Waals surface area contributed by atoms with E-state index in [4.69, 9.17) is 9.47 Å². The molecule has 0 unspecified atom stereocenters. The molecule has 0 saturated carbocycles. The van der Waals surface area contributed by atoms with E-state index in [1.54, 1.807) is 14.2 Å². The molecule has 0 atom stereocenters. The third kappa shape index (κ3) is 3.88. The molecule has 0 aromatic heterocycles. The first-order valence-corrected chi connectivity index (χ1v) is 9.51. The Morgan fingerprint density at radius 1 is 1.07 bits per heavy atom. The Morgan fingerprint density at radius 2 is 1.71 bits per heavy atom. The number of nitriles is 1. The van der Waals surface area contributed by atoms with Gasteiger partial charge in [-0.2, -0.15) is 5.26 Å². The van der Waals surface area contributed by atoms with Crippen molar-refractivity contribution in [1.82, 2.24) is 0 Å². The molecule has 3 rings (SSSR count). The molecule has 2 aromatic carbocycles. The second-order valence-corrected chi connectivity index (χ2v) is 7.78. The van der Waals surface area contributed by atoms with Crippen LogP contribution in [-0.4, -0.2) is 51.2 Å². The van der Waals surface area contributed by atoms with Crippen LogP contribution in [0, 0.1) is 11.3 Å². The molecule has 1 heterocycles. The number of ether oxygens (including phenoxy) is 2. The van der Waals surface area contributed by atoms with Gasteiger partial charge in [-0.3, -0.25) is 4.79 Å². The van der Waals surface area contributed by atoms with Crippen LogP contribution < -0.4 is 9.47 Å². The monoisotopic (exact) mass is 379 g/mol. The van der Waals surface area contributed by atoms with Crippen molar-refractivity contribution in [2.24, 2.45) is 0 Å². The van der Waals surface area contributed by atoms with Crippen molar-refractivity contribution in [2.45, 2.75) is 18.3 Å². The van der Waals surface area contributed by atoms with Crippen molar-refractivity contribution >= 4 is 5.78 Å². The average molecular weight is 379 g/mol. The predicted molar refractivity (Wildman–Crippen MR) is 108 cm³/mol. The van der Waals surface area contributed by atoms with Crippen molar-refractivity contribution < 1.29 is 18.8 Å². The van der Waals surface area contributed by atoms with Crippen LogP contribution in [0.2, 0.25) is 0 Å². The molecule has 5 nitrogen and oxygen atoms in total. The zero-order chi connectivity index (χ0) is 20.2. The maximum Gasteiger partial charge on any atom is 0.216 e. The second kappa shape index (κ2) is 8.04. The lowest BCUT2D eigenvalue weighted by Gasteiger charge is -2.43. The minimum absolute atomic E-state index is 0.152. The Kier molecular flexibility index (Phi) is 5.71. The van der Waals surface area contributed by atoms with E-state index in [9.17, 15) is 10.1 Å². The van der Waals surface area contributed by atoms with Gasteiger partial charge >= 0.3 is 0 Å². The maximum atomic E-state index is 12.7. The summed E-state index contributed by atoms with van der Waals surface area (Å²) in [5.74, 6) is 1.44. The molecule has 0 amide bonds. The first-order valence-electron chi connectivity index (χ1n) is 9.51. The lowest BCUT2D eigenvalue weighted by Crippen LogP contribution is -2.55. The Balaban J connectivity index is 1.76. The van der Waals surface area contributed by atoms with Crippen LogP contribution in [0.5, 0.6) is 11.5 Å². The quantitative estimate of drug-likeness (QED) is 0.568. The molecule has 2 aromatic rings. The molecule has 1 fully saturated rings. The summed E-state index contributed by atoms with van der Waals surface area (Å²) in [5, 5.41) is 10.0. The summed E-state index contributed by atoms with van der Waals surface area (Å²) >= 11 is 0. The van der Waals surface area contributed by atoms with E-state index in [-0.39, 0.29) is 5.78 Å². The molecular weight excluding hydrogens is 352 g/mol. The van der Waals surface area contributed by atoms with Gasteiger partial charge in [0.15, 0.2) is 11.5 Å². The summed E-state index contributed by atoms with van der Waals surface area (Å²) in [6.45, 7) is 2.01. The van der Waals surface area contributed by atoms with Gasteiger partial charge in [-0.05, 0) is 17.7 Å². The molecule has 0 bridgehead atoms. The number of nitrogens with zero attached hydrogens (tertiary/aromatic N) is 2. The van der Waals surface area contributed by atoms with Crippen molar-refractivity contribution in [3.63, 3.8) is 0 Å². The third-order valence-corrected chi connectivity index (χ3v) is 5.93. The smallest absolute Gasteiger partial charge is 0.216 e. The summed E-state index contributed by atoms with van der Waals surface area (Å²) in [7, 11) is 5.31. The highest BCUT2D eigenvalue weighted by Crippen LogP contribution is 2.40. The van der Waals surface area contributed by atoms with Gasteiger partial charge in [0.25, 0.3) is 0 Å². The van der Waals surface area contributed by atoms with Crippen molar-refractivity contribution in [3.05, 3.63) is 59.7 Å². The van der Waals surface area contributed by atoms with Crippen LogP contribution in [-0.2, 0) is 5.41 Å². The number of piperidine rings is 1. The largest absolute Gasteiger partial charge is 0.493 e. The summed E-state index contributed by atoms with van der Waals surface area (Å²) in [4.78, 5) is 12.7. The van der Waals surface area contributed by atoms with Gasteiger partial charge in [-0.1, -0.05) is 36.4 Å². The van der Waals surface area contributed by atoms with Crippen molar-refractivity contribution in [2.75, 3.05) is 40.9 Å². The van der Waals surface area contributed by atoms with Gasteiger partial charge in [-0.15, -0.1) is 0 Å². The SMILES string of the molecule is COc1ccc(C2(C#N)CC[N+](C)(CC(=O)c3ccccc3)CC2)cc1OC. The fraction of sp³-hybridized carbons (Fsp3) is 0.391. The summed E-state index contributed by atoms with van der Waals surface area (Å²) in [5.41, 5.74) is 1.14. The fourth-order valence-electron chi connectivity index (χ4n) is 3.98. The second-order valence-electron chi connectivity index (χ2n) is 7.78. The number of likely N-dealkylation sites (N-methyl/N-ethyl adjacent to an activating group) is 1. The number of hydrogen-bond donors (Lipinski definition) is 0. The Bertz CT molecular complexity index is 878. The lowest BCUT2D eigenvalue weighted by atomic mass is 9.73. The molecule has 0 radical (unpaired) electrons. The molecule has 0 aliphatic carbocycles. The van der Waals surface area contributed by atoms with Gasteiger partial charge in [0.2, 0.25) is 5.78 Å². The number of methoxy groups -OCH3 is 2. The highest BCUT2D eigenvalue weighted by molar-refractivity contribution is 5.96. The molecule has 1 aliphatic heterocycles. The van der Waals surface area contributed by atoms with Crippen LogP contribution in [0.25, 0.3) is 0 Å². The molecular formula is C23H27N2O3+. The third-order valence-electron chi connectivity index (χ3n) is 5.93. The number of Topliss-reactive ketones (excluding diaryl/α,β-unsaturated/α-hetero) is 1. The molecule has 1 saturated heterocycles. The number of benzene rings is 2. The van der Waals surface area contributed by atoms with Gasteiger partial charge in [-0.25, -0.2) is 0 Å². The first kappa shape index (κ1) is 19.9. The van der Waals surface area contributed by atoms with Crippen LogP contribution in [0.3, 0.4) is 0 Å². The minimum atomic E-state index is -0.562. The number of rotatable bonds is 6. The number of likely N-dealkylation sites (tertiary alicyclic amines) is 1. The zero-order valence-electron chi connectivity index (χ0n) is 16.8. The Labute approximate surface area is 166 Å². The molecule has 0 N–H and O–H groups in total. The summed E-state index contributed by atoms with van der Waals surface area (Å²) in [6, 6.07) is 17.7. The fourth-order valence-corrected chi connectivity index (χ4v) is 3.98. The number of hydrogen-bond acceptors (Lipinski definition) is 4. The van der Waals surface area contributed by atoms with Gasteiger partial charge in [0.05, 0.1) is 45.8 Å². The van der Waals surface area contributed by atoms with E-state index in [0.29, 0.717) is 35.4 Å². The molecule has 1 aliphatic rings. The van der Waals surface area contributed by atoms with E-state index in [1.807, 2.05) is 48.5 Å². The van der Waals surface area contributed by atoms with Crippen molar-refractivity contribution in [1.29, 1.82) is 5.26 Å². The number of ketones is 1. The summed E-state index contributed by atoms with van der Waals surface area (Å²) < 4.78 is 11.4. The highest BCUT2D eigenvalue weighted by Gasteiger charge is 2.43. The van der Waals surface area contributed by atoms with Crippen LogP contribution in [0.1, 0.15) is 28.8 Å². The van der Waals surface area contributed by atoms with E-state index < -0.39 is 5.41 Å². The molecule has 5 heteroatoms. The number of quaternary nitrogens is 1. The van der Waals surface area contributed by atoms with E-state index in [2.05, 4.69) is 13.1 Å². The average Bonchev–Trinajstić information content (AvgIpc) is 2.74. The lowest BCUT2D eigenvalue weighted by molar-refractivity contribution is -0.907. The molecule has 0 spiro atoms. The van der Waals surface area contributed by atoms with Gasteiger partial charge in [0.1, 0.15) is 6.54 Å². The van der Waals surface area contributed by atoms with E-state index in [1.165, 1.54) is 0 Å². The van der Waals surface area contributed by atoms with Crippen LogP contribution in [0.15, 0.2) is 48.5 Å². The van der Waals surface area contributed by atoms with Gasteiger partial charge in [0, 0.05) is 18.4 Å². The van der Waals surface area contributed by atoms with Gasteiger partial charge < -0.3 is 14.0 Å². The van der Waals surface area contributed by atoms with E-state index in [0.717, 1.165) is 24.2 Å². The standard InChI is InChI=1S/C23H27N2O3/c1-25(16-20(26)18-7-5-4-6-8-18)13-11-23(17-24,12-14-25)19-9-10-21(27-2)22(15-19)28-3/h4-10,15H,11-14,16H2,1-3H3/q+1. The van der Waals surface area contributed by atoms with Crippen LogP contribution in [0.4, 0.5) is 0 Å². The Morgan fingerprint density at radius 3 is 2.29 bits per heavy atom. The normalized spacial score (nSPS) is 24.2. The topological polar surface area (TPSA) is 59.3 Å². The number of carbonyl (C=O) groups is 1. The highest BCUT2D eigenvalue weighted by atomic mass is 16.5. The van der Waals surface area contributed by atoms with Crippen LogP contribution >= 0.6 is 0 Å². The first-order chi connectivity index (χ1) is 13.4. The van der Waals surface area contributed by atoms with E-state index >= 15 is 0 Å². The zero-order valence-corrected chi connectivity index (χ0v) is 16.8. The maximum absolute atomic E-state index is 12.7. The molecule has 146 valence electrons. The number of carbonyl (C=O) groups excluding carboxylic acids is 1. The molecule has 28 heavy (non-hydrogen) atoms. The Hall–Kier alpha value is -2.84.